The maximum atomic E-state index is 12.0. The number of carbonyl (C=O) groups excluding carboxylic acids is 2. The number of hydrogen-bond donors (Lipinski definition) is 0. The zero-order valence-electron chi connectivity index (χ0n) is 11.7. The van der Waals surface area contributed by atoms with Gasteiger partial charge in [0.1, 0.15) is 5.69 Å². The van der Waals surface area contributed by atoms with Crippen molar-refractivity contribution in [2.75, 3.05) is 7.11 Å². The summed E-state index contributed by atoms with van der Waals surface area (Å²) in [7, 11) is 1.30. The minimum atomic E-state index is -2.04. The van der Waals surface area contributed by atoms with E-state index < -0.39 is 15.5 Å². The van der Waals surface area contributed by atoms with E-state index >= 15 is 0 Å². The van der Waals surface area contributed by atoms with Crippen LogP contribution in [0.5, 0.6) is 0 Å². The maximum absolute atomic E-state index is 12.0. The van der Waals surface area contributed by atoms with Crippen LogP contribution in [0, 0.1) is 5.92 Å². The van der Waals surface area contributed by atoms with E-state index in [1.54, 1.807) is 10.8 Å². The number of nitrogens with zero attached hydrogens (tertiary/aromatic N) is 1. The predicted molar refractivity (Wildman–Crippen MR) is 82.4 cm³/mol. The van der Waals surface area contributed by atoms with Gasteiger partial charge in [-0.05, 0) is 24.8 Å². The van der Waals surface area contributed by atoms with Crippen molar-refractivity contribution in [3.05, 3.63) is 23.5 Å². The summed E-state index contributed by atoms with van der Waals surface area (Å²) in [5.74, 6) is -0.633. The number of alkyl halides is 3. The number of hydrogen-bond acceptors (Lipinski definition) is 3. The van der Waals surface area contributed by atoms with Crippen LogP contribution in [0.2, 0.25) is 0 Å². The number of esters is 1. The maximum Gasteiger partial charge on any atom is 0.354 e. The second-order valence-corrected chi connectivity index (χ2v) is 7.47. The Labute approximate surface area is 138 Å². The van der Waals surface area contributed by atoms with Gasteiger partial charge in [-0.25, -0.2) is 4.79 Å². The molecule has 0 radical (unpaired) electrons. The van der Waals surface area contributed by atoms with Gasteiger partial charge in [0.15, 0.2) is 0 Å². The average molecular weight is 353 g/mol. The first kappa shape index (κ1) is 16.7. The molecule has 2 unspecified atom stereocenters. The average Bonchev–Trinajstić information content (AvgIpc) is 3.04. The highest BCUT2D eigenvalue weighted by Gasteiger charge is 2.41. The SMILES string of the molecule is CCCC1CC1n1cc(C(=O)C(Cl)(Cl)Cl)cc1C(=O)OC. The standard InChI is InChI=1S/C14H16Cl3NO3/c1-3-4-8-5-10(8)18-7-9(12(19)14(15,16)17)6-11(18)13(20)21-2/h6-8,10H,3-5H2,1-2H3. The molecule has 1 fully saturated rings. The number of halogens is 3. The number of ether oxygens (including phenoxy) is 1. The molecular weight excluding hydrogens is 337 g/mol. The Bertz CT molecular complexity index is 562. The van der Waals surface area contributed by atoms with Crippen molar-refractivity contribution in [2.45, 2.75) is 36.0 Å². The van der Waals surface area contributed by atoms with E-state index in [1.165, 1.54) is 13.2 Å². The van der Waals surface area contributed by atoms with E-state index in [4.69, 9.17) is 39.5 Å². The van der Waals surface area contributed by atoms with Crippen LogP contribution >= 0.6 is 34.8 Å². The van der Waals surface area contributed by atoms with Crippen LogP contribution < -0.4 is 0 Å². The van der Waals surface area contributed by atoms with Gasteiger partial charge >= 0.3 is 5.97 Å². The van der Waals surface area contributed by atoms with Crippen molar-refractivity contribution in [1.29, 1.82) is 0 Å². The lowest BCUT2D eigenvalue weighted by atomic mass is 10.2. The Morgan fingerprint density at radius 2 is 2.10 bits per heavy atom. The largest absolute Gasteiger partial charge is 0.464 e. The zero-order chi connectivity index (χ0) is 15.8. The smallest absolute Gasteiger partial charge is 0.354 e. The highest BCUT2D eigenvalue weighted by atomic mass is 35.6. The molecule has 0 saturated heterocycles. The molecule has 0 aliphatic heterocycles. The summed E-state index contributed by atoms with van der Waals surface area (Å²) in [6.45, 7) is 2.12. The van der Waals surface area contributed by atoms with E-state index in [-0.39, 0.29) is 11.6 Å². The molecule has 116 valence electrons. The van der Waals surface area contributed by atoms with Crippen LogP contribution in [0.1, 0.15) is 53.1 Å². The molecule has 21 heavy (non-hydrogen) atoms. The zero-order valence-corrected chi connectivity index (χ0v) is 14.0. The fraction of sp³-hybridized carbons (Fsp3) is 0.571. The predicted octanol–water partition coefficient (Wildman–Crippen LogP) is 4.19. The minimum absolute atomic E-state index is 0.205. The van der Waals surface area contributed by atoms with Gasteiger partial charge in [-0.1, -0.05) is 48.1 Å². The number of aromatic nitrogens is 1. The van der Waals surface area contributed by atoms with E-state index in [0.717, 1.165) is 19.3 Å². The third-order valence-electron chi connectivity index (χ3n) is 3.66. The van der Waals surface area contributed by atoms with Gasteiger partial charge in [0.2, 0.25) is 5.78 Å². The highest BCUT2D eigenvalue weighted by Crippen LogP contribution is 2.47. The fourth-order valence-electron chi connectivity index (χ4n) is 2.56. The molecule has 7 heteroatoms. The normalized spacial score (nSPS) is 21.2. The van der Waals surface area contributed by atoms with Gasteiger partial charge in [-0.15, -0.1) is 0 Å². The molecule has 2 atom stereocenters. The summed E-state index contributed by atoms with van der Waals surface area (Å²) >= 11 is 16.9. The molecule has 1 aromatic rings. The third-order valence-corrected chi connectivity index (χ3v) is 4.18. The summed E-state index contributed by atoms with van der Waals surface area (Å²) in [5.41, 5.74) is 0.524. The Morgan fingerprint density at radius 1 is 1.43 bits per heavy atom. The molecule has 1 saturated carbocycles. The molecule has 0 bridgehead atoms. The van der Waals surface area contributed by atoms with Crippen LogP contribution in [-0.4, -0.2) is 27.2 Å². The Kier molecular flexibility index (Phi) is 4.91. The van der Waals surface area contributed by atoms with Gasteiger partial charge < -0.3 is 9.30 Å². The lowest BCUT2D eigenvalue weighted by Gasteiger charge is -2.07. The Balaban J connectivity index is 2.33. The number of rotatable bonds is 5. The van der Waals surface area contributed by atoms with Crippen LogP contribution in [0.15, 0.2) is 12.3 Å². The van der Waals surface area contributed by atoms with Gasteiger partial charge in [-0.2, -0.15) is 0 Å². The van der Waals surface area contributed by atoms with Gasteiger partial charge in [-0.3, -0.25) is 4.79 Å². The number of Topliss-reactive ketones (excluding diaryl/α,β-unsaturated/α-hetero) is 1. The van der Waals surface area contributed by atoms with Crippen molar-refractivity contribution in [3.8, 4) is 0 Å². The molecule has 2 rings (SSSR count). The first-order valence-corrected chi connectivity index (χ1v) is 7.84. The van der Waals surface area contributed by atoms with Crippen molar-refractivity contribution in [3.63, 3.8) is 0 Å². The second kappa shape index (κ2) is 6.19. The van der Waals surface area contributed by atoms with Crippen molar-refractivity contribution in [2.24, 2.45) is 5.92 Å². The van der Waals surface area contributed by atoms with Crippen molar-refractivity contribution in [1.82, 2.24) is 4.57 Å². The van der Waals surface area contributed by atoms with Crippen LogP contribution in [0.25, 0.3) is 0 Å². The van der Waals surface area contributed by atoms with Crippen molar-refractivity contribution < 1.29 is 14.3 Å². The van der Waals surface area contributed by atoms with Gasteiger partial charge in [0, 0.05) is 17.8 Å². The number of ketones is 1. The lowest BCUT2D eigenvalue weighted by molar-refractivity contribution is 0.0588. The molecule has 4 nitrogen and oxygen atoms in total. The van der Waals surface area contributed by atoms with Crippen LogP contribution in [0.3, 0.4) is 0 Å². The number of carbonyl (C=O) groups is 2. The van der Waals surface area contributed by atoms with Gasteiger partial charge in [0.25, 0.3) is 3.79 Å². The van der Waals surface area contributed by atoms with E-state index in [0.29, 0.717) is 11.6 Å². The molecule has 1 aliphatic carbocycles. The summed E-state index contributed by atoms with van der Waals surface area (Å²) in [6.07, 6.45) is 4.72. The quantitative estimate of drug-likeness (QED) is 0.453. The molecule has 0 amide bonds. The van der Waals surface area contributed by atoms with Gasteiger partial charge in [0.05, 0.1) is 7.11 Å². The third kappa shape index (κ3) is 3.55. The first-order chi connectivity index (χ1) is 9.79. The molecule has 1 aromatic heterocycles. The minimum Gasteiger partial charge on any atom is -0.464 e. The summed E-state index contributed by atoms with van der Waals surface area (Å²) < 4.78 is 4.50. The second-order valence-electron chi connectivity index (χ2n) is 5.19. The Morgan fingerprint density at radius 3 is 2.62 bits per heavy atom. The first-order valence-electron chi connectivity index (χ1n) is 6.71. The molecular formula is C14H16Cl3NO3. The van der Waals surface area contributed by atoms with E-state index in [9.17, 15) is 9.59 Å². The molecule has 1 aliphatic rings. The highest BCUT2D eigenvalue weighted by molar-refractivity contribution is 6.77. The lowest BCUT2D eigenvalue weighted by Crippen LogP contribution is -2.18. The Hall–Kier alpha value is -0.710. The molecule has 0 spiro atoms. The summed E-state index contributed by atoms with van der Waals surface area (Å²) in [6, 6.07) is 1.63. The van der Waals surface area contributed by atoms with E-state index in [1.807, 2.05) is 0 Å². The molecule has 1 heterocycles. The fourth-order valence-corrected chi connectivity index (χ4v) is 2.89. The molecule has 0 aromatic carbocycles. The van der Waals surface area contributed by atoms with Crippen LogP contribution in [0.4, 0.5) is 0 Å². The topological polar surface area (TPSA) is 48.3 Å². The summed E-state index contributed by atoms with van der Waals surface area (Å²) in [4.78, 5) is 23.9. The molecule has 0 N–H and O–H groups in total. The monoisotopic (exact) mass is 351 g/mol. The number of methoxy groups -OCH3 is 1. The van der Waals surface area contributed by atoms with E-state index in [2.05, 4.69) is 6.92 Å². The van der Waals surface area contributed by atoms with Crippen molar-refractivity contribution >= 4 is 46.6 Å². The van der Waals surface area contributed by atoms with Crippen LogP contribution in [-0.2, 0) is 4.74 Å². The summed E-state index contributed by atoms with van der Waals surface area (Å²) in [5, 5.41) is 0.